The highest BCUT2D eigenvalue weighted by atomic mass is 16.5. The smallest absolute Gasteiger partial charge is 0.155 e. The van der Waals surface area contributed by atoms with Crippen molar-refractivity contribution in [3.05, 3.63) is 36.5 Å². The summed E-state index contributed by atoms with van der Waals surface area (Å²) >= 11 is 0. The summed E-state index contributed by atoms with van der Waals surface area (Å²) in [5, 5.41) is 6.76. The standard InChI is InChI=1S/C13H16N2O/c1-9(15-10-6-7-10)13-8-14-11-4-2-3-5-12(11)16-13/h2-5,10,13-15H,1,6-8H2. The molecule has 3 rings (SSSR count). The zero-order valence-electron chi connectivity index (χ0n) is 9.20. The molecule has 0 radical (unpaired) electrons. The predicted octanol–water partition coefficient (Wildman–Crippen LogP) is 2.13. The van der Waals surface area contributed by atoms with E-state index >= 15 is 0 Å². The fraction of sp³-hybridized carbons (Fsp3) is 0.385. The maximum Gasteiger partial charge on any atom is 0.155 e. The van der Waals surface area contributed by atoms with E-state index in [9.17, 15) is 0 Å². The van der Waals surface area contributed by atoms with Crippen LogP contribution < -0.4 is 15.4 Å². The molecule has 1 fully saturated rings. The number of nitrogens with one attached hydrogen (secondary N) is 2. The number of para-hydroxylation sites is 2. The first-order chi connectivity index (χ1) is 7.83. The van der Waals surface area contributed by atoms with E-state index < -0.39 is 0 Å². The summed E-state index contributed by atoms with van der Waals surface area (Å²) in [6.45, 7) is 4.84. The molecule has 1 atom stereocenters. The van der Waals surface area contributed by atoms with E-state index in [1.165, 1.54) is 12.8 Å². The number of rotatable bonds is 3. The Hall–Kier alpha value is -1.64. The molecule has 1 aliphatic heterocycles. The van der Waals surface area contributed by atoms with Crippen molar-refractivity contribution in [1.82, 2.24) is 5.32 Å². The average Bonchev–Trinajstić information content (AvgIpc) is 3.12. The number of ether oxygens (including phenoxy) is 1. The summed E-state index contributed by atoms with van der Waals surface area (Å²) in [7, 11) is 0. The second-order valence-electron chi connectivity index (χ2n) is 4.43. The Balaban J connectivity index is 1.69. The van der Waals surface area contributed by atoms with Crippen LogP contribution in [0, 0.1) is 0 Å². The molecule has 2 aliphatic rings. The molecule has 0 bridgehead atoms. The maximum atomic E-state index is 5.90. The molecule has 1 saturated carbocycles. The van der Waals surface area contributed by atoms with Gasteiger partial charge in [-0.05, 0) is 25.0 Å². The Morgan fingerprint density at radius 2 is 2.19 bits per heavy atom. The Labute approximate surface area is 95.5 Å². The Morgan fingerprint density at radius 1 is 1.38 bits per heavy atom. The third kappa shape index (κ3) is 1.85. The van der Waals surface area contributed by atoms with Gasteiger partial charge in [0, 0.05) is 11.7 Å². The predicted molar refractivity (Wildman–Crippen MR) is 64.6 cm³/mol. The van der Waals surface area contributed by atoms with Crippen LogP contribution in [0.1, 0.15) is 12.8 Å². The summed E-state index contributed by atoms with van der Waals surface area (Å²) in [6.07, 6.45) is 2.56. The van der Waals surface area contributed by atoms with Gasteiger partial charge in [-0.1, -0.05) is 18.7 Å². The highest BCUT2D eigenvalue weighted by molar-refractivity contribution is 5.58. The van der Waals surface area contributed by atoms with Gasteiger partial charge in [0.25, 0.3) is 0 Å². The van der Waals surface area contributed by atoms with Crippen LogP contribution in [0.25, 0.3) is 0 Å². The fourth-order valence-electron chi connectivity index (χ4n) is 1.89. The number of benzene rings is 1. The van der Waals surface area contributed by atoms with E-state index in [-0.39, 0.29) is 6.10 Å². The Bertz CT molecular complexity index is 412. The van der Waals surface area contributed by atoms with Crippen molar-refractivity contribution >= 4 is 5.69 Å². The minimum atomic E-state index is 0.0375. The van der Waals surface area contributed by atoms with Crippen LogP contribution in [0.5, 0.6) is 5.75 Å². The molecule has 0 saturated heterocycles. The molecule has 1 aromatic carbocycles. The van der Waals surface area contributed by atoms with Gasteiger partial charge in [0.05, 0.1) is 12.2 Å². The van der Waals surface area contributed by atoms with E-state index in [1.807, 2.05) is 24.3 Å². The van der Waals surface area contributed by atoms with E-state index in [0.29, 0.717) is 6.04 Å². The lowest BCUT2D eigenvalue weighted by molar-refractivity contribution is 0.232. The first kappa shape index (κ1) is 9.58. The van der Waals surface area contributed by atoms with Gasteiger partial charge in [0.15, 0.2) is 6.10 Å². The van der Waals surface area contributed by atoms with E-state index in [1.54, 1.807) is 0 Å². The fourth-order valence-corrected chi connectivity index (χ4v) is 1.89. The van der Waals surface area contributed by atoms with Gasteiger partial charge < -0.3 is 15.4 Å². The van der Waals surface area contributed by atoms with E-state index in [0.717, 1.165) is 23.7 Å². The molecule has 1 heterocycles. The maximum absolute atomic E-state index is 5.90. The molecular formula is C13H16N2O. The van der Waals surface area contributed by atoms with Crippen molar-refractivity contribution in [3.63, 3.8) is 0 Å². The van der Waals surface area contributed by atoms with Crippen LogP contribution in [0.15, 0.2) is 36.5 Å². The summed E-state index contributed by atoms with van der Waals surface area (Å²) in [4.78, 5) is 0. The molecule has 84 valence electrons. The molecule has 16 heavy (non-hydrogen) atoms. The quantitative estimate of drug-likeness (QED) is 0.812. The summed E-state index contributed by atoms with van der Waals surface area (Å²) in [5.41, 5.74) is 2.06. The number of anilines is 1. The van der Waals surface area contributed by atoms with Gasteiger partial charge in [-0.3, -0.25) is 0 Å². The topological polar surface area (TPSA) is 33.3 Å². The van der Waals surface area contributed by atoms with Gasteiger partial charge >= 0.3 is 0 Å². The second-order valence-corrected chi connectivity index (χ2v) is 4.43. The lowest BCUT2D eigenvalue weighted by Crippen LogP contribution is -2.37. The van der Waals surface area contributed by atoms with Crippen LogP contribution in [-0.4, -0.2) is 18.7 Å². The monoisotopic (exact) mass is 216 g/mol. The Morgan fingerprint density at radius 3 is 3.00 bits per heavy atom. The van der Waals surface area contributed by atoms with Crippen LogP contribution in [0.2, 0.25) is 0 Å². The van der Waals surface area contributed by atoms with Crippen molar-refractivity contribution in [2.75, 3.05) is 11.9 Å². The van der Waals surface area contributed by atoms with Gasteiger partial charge in [0.2, 0.25) is 0 Å². The van der Waals surface area contributed by atoms with Crippen LogP contribution in [0.3, 0.4) is 0 Å². The van der Waals surface area contributed by atoms with Crippen molar-refractivity contribution in [2.45, 2.75) is 25.0 Å². The molecule has 3 heteroatoms. The lowest BCUT2D eigenvalue weighted by Gasteiger charge is -2.29. The van der Waals surface area contributed by atoms with E-state index in [2.05, 4.69) is 17.2 Å². The van der Waals surface area contributed by atoms with E-state index in [4.69, 9.17) is 4.74 Å². The third-order valence-corrected chi connectivity index (χ3v) is 2.99. The number of fused-ring (bicyclic) bond motifs is 1. The Kier molecular flexibility index (Phi) is 2.24. The molecule has 0 amide bonds. The molecule has 0 aromatic heterocycles. The van der Waals surface area contributed by atoms with Crippen LogP contribution in [-0.2, 0) is 0 Å². The molecule has 1 aliphatic carbocycles. The highest BCUT2D eigenvalue weighted by Crippen LogP contribution is 2.30. The molecule has 3 nitrogen and oxygen atoms in total. The van der Waals surface area contributed by atoms with Crippen LogP contribution >= 0.6 is 0 Å². The first-order valence-electron chi connectivity index (χ1n) is 5.78. The zero-order valence-corrected chi connectivity index (χ0v) is 9.20. The minimum Gasteiger partial charge on any atom is -0.480 e. The van der Waals surface area contributed by atoms with Crippen LogP contribution in [0.4, 0.5) is 5.69 Å². The number of hydrogen-bond acceptors (Lipinski definition) is 3. The normalized spacial score (nSPS) is 22.6. The average molecular weight is 216 g/mol. The summed E-state index contributed by atoms with van der Waals surface area (Å²) in [5.74, 6) is 0.914. The SMILES string of the molecule is C=C(NC1CC1)C1CNc2ccccc2O1. The molecular weight excluding hydrogens is 200 g/mol. The molecule has 1 unspecified atom stereocenters. The summed E-state index contributed by atoms with van der Waals surface area (Å²) < 4.78 is 5.90. The molecule has 0 spiro atoms. The lowest BCUT2D eigenvalue weighted by atomic mass is 10.2. The second kappa shape index (κ2) is 3.74. The largest absolute Gasteiger partial charge is 0.480 e. The summed E-state index contributed by atoms with van der Waals surface area (Å²) in [6, 6.07) is 8.64. The van der Waals surface area contributed by atoms with Crippen molar-refractivity contribution in [1.29, 1.82) is 0 Å². The highest BCUT2D eigenvalue weighted by Gasteiger charge is 2.26. The van der Waals surface area contributed by atoms with Gasteiger partial charge in [0.1, 0.15) is 5.75 Å². The first-order valence-corrected chi connectivity index (χ1v) is 5.78. The molecule has 2 N–H and O–H groups in total. The van der Waals surface area contributed by atoms with Crippen molar-refractivity contribution in [3.8, 4) is 5.75 Å². The van der Waals surface area contributed by atoms with Crippen molar-refractivity contribution < 1.29 is 4.74 Å². The molecule has 1 aromatic rings. The third-order valence-electron chi connectivity index (χ3n) is 2.99. The zero-order chi connectivity index (χ0) is 11.0. The van der Waals surface area contributed by atoms with Gasteiger partial charge in [-0.2, -0.15) is 0 Å². The number of hydrogen-bond donors (Lipinski definition) is 2. The van der Waals surface area contributed by atoms with Gasteiger partial charge in [-0.15, -0.1) is 0 Å². The van der Waals surface area contributed by atoms with Gasteiger partial charge in [-0.25, -0.2) is 0 Å². The minimum absolute atomic E-state index is 0.0375. The van der Waals surface area contributed by atoms with Crippen molar-refractivity contribution in [2.24, 2.45) is 0 Å².